The second kappa shape index (κ2) is 7.65. The number of para-hydroxylation sites is 1. The fraction of sp³-hybridized carbons (Fsp3) is 0.579. The lowest BCUT2D eigenvalue weighted by molar-refractivity contribution is 0.523. The SMILES string of the molecule is CC(C)CCn1cc(CCNCC(C)C)c2ccccc21. The molecular formula is C19H30N2. The zero-order valence-corrected chi connectivity index (χ0v) is 14.0. The standard InChI is InChI=1S/C19H30N2/c1-15(2)10-12-21-14-17(9-11-20-13-16(3)4)18-7-5-6-8-19(18)21/h5-8,14-16,20H,9-13H2,1-4H3. The minimum absolute atomic E-state index is 0.720. The fourth-order valence-corrected chi connectivity index (χ4v) is 2.72. The molecular weight excluding hydrogens is 256 g/mol. The van der Waals surface area contributed by atoms with Crippen molar-refractivity contribution < 1.29 is 0 Å². The highest BCUT2D eigenvalue weighted by Gasteiger charge is 2.08. The van der Waals surface area contributed by atoms with E-state index >= 15 is 0 Å². The molecule has 2 aromatic rings. The topological polar surface area (TPSA) is 17.0 Å². The van der Waals surface area contributed by atoms with E-state index in [2.05, 4.69) is 68.0 Å². The molecule has 0 bridgehead atoms. The third kappa shape index (κ3) is 4.60. The van der Waals surface area contributed by atoms with Gasteiger partial charge in [-0.3, -0.25) is 0 Å². The zero-order chi connectivity index (χ0) is 15.2. The van der Waals surface area contributed by atoms with Crippen LogP contribution in [0.3, 0.4) is 0 Å². The van der Waals surface area contributed by atoms with E-state index in [1.807, 2.05) is 0 Å². The van der Waals surface area contributed by atoms with Crippen LogP contribution in [0, 0.1) is 11.8 Å². The van der Waals surface area contributed by atoms with Gasteiger partial charge in [-0.2, -0.15) is 0 Å². The Hall–Kier alpha value is -1.28. The molecule has 116 valence electrons. The second-order valence-electron chi connectivity index (χ2n) is 6.90. The molecule has 0 saturated carbocycles. The molecule has 2 heteroatoms. The van der Waals surface area contributed by atoms with Gasteiger partial charge in [0.15, 0.2) is 0 Å². The van der Waals surface area contributed by atoms with Gasteiger partial charge < -0.3 is 9.88 Å². The molecule has 0 aliphatic heterocycles. The molecule has 1 aromatic carbocycles. The first kappa shape index (κ1) is 16.1. The molecule has 0 aliphatic rings. The highest BCUT2D eigenvalue weighted by molar-refractivity contribution is 5.84. The minimum atomic E-state index is 0.720. The fourth-order valence-electron chi connectivity index (χ4n) is 2.72. The van der Waals surface area contributed by atoms with Crippen molar-refractivity contribution in [2.75, 3.05) is 13.1 Å². The van der Waals surface area contributed by atoms with Gasteiger partial charge in [0.1, 0.15) is 0 Å². The molecule has 0 atom stereocenters. The van der Waals surface area contributed by atoms with Crippen molar-refractivity contribution in [2.24, 2.45) is 11.8 Å². The largest absolute Gasteiger partial charge is 0.347 e. The number of nitrogens with one attached hydrogen (secondary N) is 1. The van der Waals surface area contributed by atoms with Gasteiger partial charge in [-0.15, -0.1) is 0 Å². The lowest BCUT2D eigenvalue weighted by atomic mass is 10.1. The molecule has 0 spiro atoms. The van der Waals surface area contributed by atoms with Gasteiger partial charge in [0.2, 0.25) is 0 Å². The lowest BCUT2D eigenvalue weighted by Gasteiger charge is -2.07. The number of aromatic nitrogens is 1. The summed E-state index contributed by atoms with van der Waals surface area (Å²) in [5.74, 6) is 1.47. The first-order valence-electron chi connectivity index (χ1n) is 8.35. The average molecular weight is 286 g/mol. The van der Waals surface area contributed by atoms with Crippen LogP contribution in [0.2, 0.25) is 0 Å². The third-order valence-corrected chi connectivity index (χ3v) is 3.94. The molecule has 1 N–H and O–H groups in total. The maximum atomic E-state index is 3.55. The van der Waals surface area contributed by atoms with E-state index in [0.29, 0.717) is 0 Å². The Balaban J connectivity index is 2.08. The van der Waals surface area contributed by atoms with Gasteiger partial charge in [-0.25, -0.2) is 0 Å². The predicted molar refractivity (Wildman–Crippen MR) is 92.8 cm³/mol. The lowest BCUT2D eigenvalue weighted by Crippen LogP contribution is -2.22. The maximum Gasteiger partial charge on any atom is 0.0483 e. The smallest absolute Gasteiger partial charge is 0.0483 e. The second-order valence-corrected chi connectivity index (χ2v) is 6.90. The molecule has 0 unspecified atom stereocenters. The monoisotopic (exact) mass is 286 g/mol. The Kier molecular flexibility index (Phi) is 5.86. The van der Waals surface area contributed by atoms with Crippen LogP contribution in [0.25, 0.3) is 10.9 Å². The average Bonchev–Trinajstić information content (AvgIpc) is 2.80. The van der Waals surface area contributed by atoms with Crippen LogP contribution in [0.4, 0.5) is 0 Å². The van der Waals surface area contributed by atoms with Gasteiger partial charge in [0.05, 0.1) is 0 Å². The van der Waals surface area contributed by atoms with E-state index in [1.54, 1.807) is 0 Å². The first-order valence-corrected chi connectivity index (χ1v) is 8.35. The summed E-state index contributed by atoms with van der Waals surface area (Å²) in [5.41, 5.74) is 2.86. The minimum Gasteiger partial charge on any atom is -0.347 e. The van der Waals surface area contributed by atoms with Crippen LogP contribution in [-0.4, -0.2) is 17.7 Å². The van der Waals surface area contributed by atoms with E-state index in [4.69, 9.17) is 0 Å². The van der Waals surface area contributed by atoms with Crippen molar-refractivity contribution >= 4 is 10.9 Å². The Morgan fingerprint density at radius 1 is 1.05 bits per heavy atom. The zero-order valence-electron chi connectivity index (χ0n) is 14.0. The van der Waals surface area contributed by atoms with Crippen molar-refractivity contribution in [1.29, 1.82) is 0 Å². The number of hydrogen-bond donors (Lipinski definition) is 1. The van der Waals surface area contributed by atoms with Crippen molar-refractivity contribution in [1.82, 2.24) is 9.88 Å². The summed E-state index contributed by atoms with van der Waals surface area (Å²) in [4.78, 5) is 0. The highest BCUT2D eigenvalue weighted by Crippen LogP contribution is 2.22. The summed E-state index contributed by atoms with van der Waals surface area (Å²) in [5, 5.41) is 4.97. The van der Waals surface area contributed by atoms with E-state index in [0.717, 1.165) is 37.9 Å². The Morgan fingerprint density at radius 3 is 2.52 bits per heavy atom. The van der Waals surface area contributed by atoms with Crippen LogP contribution in [0.15, 0.2) is 30.5 Å². The molecule has 21 heavy (non-hydrogen) atoms. The number of aryl methyl sites for hydroxylation is 1. The molecule has 0 saturated heterocycles. The normalized spacial score (nSPS) is 11.9. The van der Waals surface area contributed by atoms with Crippen LogP contribution < -0.4 is 5.32 Å². The van der Waals surface area contributed by atoms with Crippen molar-refractivity contribution in [3.05, 3.63) is 36.0 Å². The number of hydrogen-bond acceptors (Lipinski definition) is 1. The molecule has 0 radical (unpaired) electrons. The Labute approximate surface area is 129 Å². The molecule has 2 rings (SSSR count). The molecule has 0 fully saturated rings. The van der Waals surface area contributed by atoms with E-state index in [1.165, 1.54) is 22.9 Å². The molecule has 1 aromatic heterocycles. The summed E-state index contributed by atoms with van der Waals surface area (Å²) in [6, 6.07) is 8.81. The predicted octanol–water partition coefficient (Wildman–Crippen LogP) is 4.48. The van der Waals surface area contributed by atoms with E-state index in [-0.39, 0.29) is 0 Å². The maximum absolute atomic E-state index is 3.55. The number of fused-ring (bicyclic) bond motifs is 1. The summed E-state index contributed by atoms with van der Waals surface area (Å²) in [6.45, 7) is 12.4. The van der Waals surface area contributed by atoms with Gasteiger partial charge in [0.25, 0.3) is 0 Å². The van der Waals surface area contributed by atoms with Crippen LogP contribution in [0.1, 0.15) is 39.7 Å². The highest BCUT2D eigenvalue weighted by atomic mass is 15.0. The molecule has 0 aliphatic carbocycles. The summed E-state index contributed by atoms with van der Waals surface area (Å²) in [7, 11) is 0. The molecule has 1 heterocycles. The Morgan fingerprint density at radius 2 is 1.81 bits per heavy atom. The summed E-state index contributed by atoms with van der Waals surface area (Å²) < 4.78 is 2.44. The van der Waals surface area contributed by atoms with Gasteiger partial charge in [-0.05, 0) is 49.4 Å². The number of benzene rings is 1. The number of nitrogens with zero attached hydrogens (tertiary/aromatic N) is 1. The van der Waals surface area contributed by atoms with Crippen molar-refractivity contribution in [2.45, 2.75) is 47.1 Å². The third-order valence-electron chi connectivity index (χ3n) is 3.94. The molecule has 2 nitrogen and oxygen atoms in total. The summed E-state index contributed by atoms with van der Waals surface area (Å²) >= 11 is 0. The van der Waals surface area contributed by atoms with Gasteiger partial charge in [0, 0.05) is 23.6 Å². The molecule has 0 amide bonds. The summed E-state index contributed by atoms with van der Waals surface area (Å²) in [6.07, 6.45) is 4.72. The van der Waals surface area contributed by atoms with Crippen LogP contribution in [0.5, 0.6) is 0 Å². The van der Waals surface area contributed by atoms with Gasteiger partial charge >= 0.3 is 0 Å². The van der Waals surface area contributed by atoms with Gasteiger partial charge in [-0.1, -0.05) is 45.9 Å². The first-order chi connectivity index (χ1) is 10.1. The van der Waals surface area contributed by atoms with E-state index in [9.17, 15) is 0 Å². The number of rotatable bonds is 8. The van der Waals surface area contributed by atoms with Crippen LogP contribution >= 0.6 is 0 Å². The van der Waals surface area contributed by atoms with Crippen molar-refractivity contribution in [3.8, 4) is 0 Å². The quantitative estimate of drug-likeness (QED) is 0.708. The van der Waals surface area contributed by atoms with Crippen molar-refractivity contribution in [3.63, 3.8) is 0 Å². The Bertz CT molecular complexity index is 552. The van der Waals surface area contributed by atoms with E-state index < -0.39 is 0 Å². The van der Waals surface area contributed by atoms with Crippen LogP contribution in [-0.2, 0) is 13.0 Å².